The maximum atomic E-state index is 10.0. The summed E-state index contributed by atoms with van der Waals surface area (Å²) in [6, 6.07) is 9.95. The second-order valence-electron chi connectivity index (χ2n) is 6.11. The molecule has 1 saturated carbocycles. The maximum Gasteiger partial charge on any atom is 0.170 e. The molecule has 1 aromatic heterocycles. The topological polar surface area (TPSA) is 67.1 Å². The summed E-state index contributed by atoms with van der Waals surface area (Å²) in [5, 5.41) is 22.1. The van der Waals surface area contributed by atoms with Crippen LogP contribution in [-0.2, 0) is 6.54 Å². The summed E-state index contributed by atoms with van der Waals surface area (Å²) < 4.78 is 1.80. The highest BCUT2D eigenvalue weighted by atomic mass is 16.3. The molecule has 0 amide bonds. The normalized spacial score (nSPS) is 28.9. The molecule has 1 aliphatic heterocycles. The van der Waals surface area contributed by atoms with E-state index in [0.29, 0.717) is 11.8 Å². The molecule has 1 aromatic carbocycles. The van der Waals surface area contributed by atoms with Crippen molar-refractivity contribution in [1.82, 2.24) is 25.1 Å². The number of aliphatic hydroxyl groups is 1. The summed E-state index contributed by atoms with van der Waals surface area (Å²) in [6.45, 7) is 2.73. The predicted molar refractivity (Wildman–Crippen MR) is 76.7 cm³/mol. The van der Waals surface area contributed by atoms with E-state index < -0.39 is 0 Å². The van der Waals surface area contributed by atoms with Crippen molar-refractivity contribution < 1.29 is 5.11 Å². The van der Waals surface area contributed by atoms with Crippen LogP contribution in [0.4, 0.5) is 0 Å². The van der Waals surface area contributed by atoms with Gasteiger partial charge in [0.05, 0.1) is 18.3 Å². The van der Waals surface area contributed by atoms with Crippen LogP contribution in [0.2, 0.25) is 0 Å². The van der Waals surface area contributed by atoms with Crippen LogP contribution >= 0.6 is 0 Å². The van der Waals surface area contributed by atoms with E-state index >= 15 is 0 Å². The first-order chi connectivity index (χ1) is 10.3. The molecule has 110 valence electrons. The Morgan fingerprint density at radius 2 is 2.00 bits per heavy atom. The molecular weight excluding hydrogens is 266 g/mol. The number of fused-ring (bicyclic) bond motifs is 1. The number of para-hydroxylation sites is 1. The molecule has 4 rings (SSSR count). The molecule has 0 spiro atoms. The third-order valence-corrected chi connectivity index (χ3v) is 4.79. The van der Waals surface area contributed by atoms with E-state index in [9.17, 15) is 5.11 Å². The van der Waals surface area contributed by atoms with Gasteiger partial charge < -0.3 is 5.11 Å². The predicted octanol–water partition coefficient (Wildman–Crippen LogP) is 0.865. The van der Waals surface area contributed by atoms with Crippen molar-refractivity contribution in [1.29, 1.82) is 0 Å². The first-order valence-electron chi connectivity index (χ1n) is 7.54. The van der Waals surface area contributed by atoms with Gasteiger partial charge in [0.15, 0.2) is 5.82 Å². The maximum absolute atomic E-state index is 10.0. The monoisotopic (exact) mass is 285 g/mol. The smallest absolute Gasteiger partial charge is 0.170 e. The van der Waals surface area contributed by atoms with Crippen LogP contribution in [0.5, 0.6) is 0 Å². The SMILES string of the molecule is OC1CCC2CN(Cc3nnnn3-c3ccccc3)CC12. The van der Waals surface area contributed by atoms with Gasteiger partial charge in [-0.05, 0) is 41.3 Å². The van der Waals surface area contributed by atoms with E-state index in [0.717, 1.165) is 44.0 Å². The summed E-state index contributed by atoms with van der Waals surface area (Å²) in [4.78, 5) is 2.36. The van der Waals surface area contributed by atoms with Crippen molar-refractivity contribution >= 4 is 0 Å². The van der Waals surface area contributed by atoms with Gasteiger partial charge in [-0.2, -0.15) is 4.68 Å². The van der Waals surface area contributed by atoms with Crippen LogP contribution in [0.25, 0.3) is 5.69 Å². The van der Waals surface area contributed by atoms with Crippen LogP contribution < -0.4 is 0 Å². The Balaban J connectivity index is 1.51. The Labute approximate surface area is 123 Å². The van der Waals surface area contributed by atoms with Gasteiger partial charge in [0, 0.05) is 19.0 Å². The Kier molecular flexibility index (Phi) is 3.20. The lowest BCUT2D eigenvalue weighted by atomic mass is 10.00. The Bertz CT molecular complexity index is 614. The van der Waals surface area contributed by atoms with Crippen molar-refractivity contribution in [3.8, 4) is 5.69 Å². The first kappa shape index (κ1) is 12.9. The van der Waals surface area contributed by atoms with Gasteiger partial charge in [-0.1, -0.05) is 18.2 Å². The standard InChI is InChI=1S/C15H19N5O/c21-14-7-6-11-8-19(9-13(11)14)10-15-16-17-18-20(15)12-4-2-1-3-5-12/h1-5,11,13-14,21H,6-10H2. The van der Waals surface area contributed by atoms with Crippen LogP contribution in [0.3, 0.4) is 0 Å². The van der Waals surface area contributed by atoms with E-state index in [1.165, 1.54) is 0 Å². The first-order valence-corrected chi connectivity index (χ1v) is 7.54. The van der Waals surface area contributed by atoms with Crippen LogP contribution in [0.15, 0.2) is 30.3 Å². The molecule has 6 heteroatoms. The molecule has 1 saturated heterocycles. The number of hydrogen-bond donors (Lipinski definition) is 1. The molecule has 21 heavy (non-hydrogen) atoms. The molecule has 2 heterocycles. The molecule has 0 radical (unpaired) electrons. The largest absolute Gasteiger partial charge is 0.393 e. The molecule has 0 bridgehead atoms. The number of likely N-dealkylation sites (tertiary alicyclic amines) is 1. The zero-order chi connectivity index (χ0) is 14.2. The summed E-state index contributed by atoms with van der Waals surface area (Å²) in [5.41, 5.74) is 0.983. The van der Waals surface area contributed by atoms with Gasteiger partial charge in [0.25, 0.3) is 0 Å². The summed E-state index contributed by atoms with van der Waals surface area (Å²) in [7, 11) is 0. The average Bonchev–Trinajstić information content (AvgIpc) is 3.19. The minimum absolute atomic E-state index is 0.120. The number of hydrogen-bond acceptors (Lipinski definition) is 5. The highest BCUT2D eigenvalue weighted by molar-refractivity contribution is 5.30. The number of benzene rings is 1. The number of tetrazole rings is 1. The van der Waals surface area contributed by atoms with Gasteiger partial charge in [-0.25, -0.2) is 0 Å². The highest BCUT2D eigenvalue weighted by Crippen LogP contribution is 2.38. The molecule has 2 aliphatic rings. The number of rotatable bonds is 3. The molecule has 2 fully saturated rings. The van der Waals surface area contributed by atoms with Gasteiger partial charge in [0.1, 0.15) is 0 Å². The van der Waals surface area contributed by atoms with Crippen LogP contribution in [-0.4, -0.2) is 49.4 Å². The van der Waals surface area contributed by atoms with Crippen molar-refractivity contribution in [3.05, 3.63) is 36.2 Å². The average molecular weight is 285 g/mol. The van der Waals surface area contributed by atoms with E-state index in [4.69, 9.17) is 0 Å². The zero-order valence-electron chi connectivity index (χ0n) is 11.8. The molecule has 1 aliphatic carbocycles. The molecule has 1 N–H and O–H groups in total. The van der Waals surface area contributed by atoms with Crippen molar-refractivity contribution in [2.45, 2.75) is 25.5 Å². The van der Waals surface area contributed by atoms with E-state index in [1.54, 1.807) is 4.68 Å². The fourth-order valence-corrected chi connectivity index (χ4v) is 3.73. The molecule has 6 nitrogen and oxygen atoms in total. The number of aromatic nitrogens is 4. The lowest BCUT2D eigenvalue weighted by Gasteiger charge is -2.17. The van der Waals surface area contributed by atoms with Crippen molar-refractivity contribution in [3.63, 3.8) is 0 Å². The summed E-state index contributed by atoms with van der Waals surface area (Å²) in [5.74, 6) is 1.93. The van der Waals surface area contributed by atoms with E-state index in [-0.39, 0.29) is 6.10 Å². The molecular formula is C15H19N5O. The van der Waals surface area contributed by atoms with E-state index in [2.05, 4.69) is 20.4 Å². The summed E-state index contributed by atoms with van der Waals surface area (Å²) >= 11 is 0. The molecule has 3 unspecified atom stereocenters. The summed E-state index contributed by atoms with van der Waals surface area (Å²) in [6.07, 6.45) is 1.99. The minimum atomic E-state index is -0.120. The lowest BCUT2D eigenvalue weighted by molar-refractivity contribution is 0.123. The van der Waals surface area contributed by atoms with Crippen LogP contribution in [0.1, 0.15) is 18.7 Å². The molecule has 2 aromatic rings. The fourth-order valence-electron chi connectivity index (χ4n) is 3.73. The second kappa shape index (κ2) is 5.20. The number of nitrogens with zero attached hydrogens (tertiary/aromatic N) is 5. The Morgan fingerprint density at radius 3 is 2.81 bits per heavy atom. The van der Waals surface area contributed by atoms with Crippen molar-refractivity contribution in [2.24, 2.45) is 11.8 Å². The van der Waals surface area contributed by atoms with Gasteiger partial charge in [-0.15, -0.1) is 5.10 Å². The second-order valence-corrected chi connectivity index (χ2v) is 6.11. The third kappa shape index (κ3) is 2.34. The van der Waals surface area contributed by atoms with Crippen LogP contribution in [0, 0.1) is 11.8 Å². The third-order valence-electron chi connectivity index (χ3n) is 4.79. The zero-order valence-corrected chi connectivity index (χ0v) is 11.8. The van der Waals surface area contributed by atoms with Gasteiger partial charge >= 0.3 is 0 Å². The quantitative estimate of drug-likeness (QED) is 0.906. The van der Waals surface area contributed by atoms with Gasteiger partial charge in [-0.3, -0.25) is 4.90 Å². The fraction of sp³-hybridized carbons (Fsp3) is 0.533. The highest BCUT2D eigenvalue weighted by Gasteiger charge is 2.41. The number of aliphatic hydroxyl groups excluding tert-OH is 1. The lowest BCUT2D eigenvalue weighted by Crippen LogP contribution is -2.26. The molecule has 3 atom stereocenters. The van der Waals surface area contributed by atoms with Crippen molar-refractivity contribution in [2.75, 3.05) is 13.1 Å². The van der Waals surface area contributed by atoms with E-state index in [1.807, 2.05) is 30.3 Å². The Hall–Kier alpha value is -1.79. The Morgan fingerprint density at radius 1 is 1.14 bits per heavy atom. The minimum Gasteiger partial charge on any atom is -0.393 e. The van der Waals surface area contributed by atoms with Gasteiger partial charge in [0.2, 0.25) is 0 Å².